The molecule has 1 saturated carbocycles. The second kappa shape index (κ2) is 6.57. The van der Waals surface area contributed by atoms with Crippen molar-refractivity contribution in [3.05, 3.63) is 29.8 Å². The van der Waals surface area contributed by atoms with Crippen LogP contribution in [0.1, 0.15) is 37.7 Å². The number of hydrogen-bond donors (Lipinski definition) is 3. The molecule has 0 unspecified atom stereocenters. The van der Waals surface area contributed by atoms with Gasteiger partial charge in [0.15, 0.2) is 0 Å². The zero-order valence-electron chi connectivity index (χ0n) is 11.3. The largest absolute Gasteiger partial charge is 0.399 e. The summed E-state index contributed by atoms with van der Waals surface area (Å²) in [7, 11) is 0. The number of hydrogen-bond acceptors (Lipinski definition) is 3. The van der Waals surface area contributed by atoms with Crippen LogP contribution < -0.4 is 16.8 Å². The first-order chi connectivity index (χ1) is 9.13. The number of carbonyl (C=O) groups is 1. The van der Waals surface area contributed by atoms with Gasteiger partial charge in [0.05, 0.1) is 0 Å². The first-order valence-corrected chi connectivity index (χ1v) is 7.03. The molecule has 4 nitrogen and oxygen atoms in total. The third-order valence-corrected chi connectivity index (χ3v) is 3.73. The van der Waals surface area contributed by atoms with Crippen molar-refractivity contribution in [2.45, 2.75) is 50.6 Å². The fourth-order valence-corrected chi connectivity index (χ4v) is 2.57. The molecule has 2 rings (SSSR count). The molecule has 1 aliphatic rings. The normalized spacial score (nSPS) is 23.0. The van der Waals surface area contributed by atoms with Crippen LogP contribution >= 0.6 is 0 Å². The molecule has 5 N–H and O–H groups in total. The van der Waals surface area contributed by atoms with Crippen molar-refractivity contribution in [2.75, 3.05) is 5.73 Å². The number of rotatable bonds is 4. The zero-order chi connectivity index (χ0) is 13.7. The van der Waals surface area contributed by atoms with Crippen molar-refractivity contribution >= 4 is 11.6 Å². The Morgan fingerprint density at radius 1 is 1.26 bits per heavy atom. The second-order valence-corrected chi connectivity index (χ2v) is 5.42. The molecule has 1 fully saturated rings. The lowest BCUT2D eigenvalue weighted by Crippen LogP contribution is -2.40. The van der Waals surface area contributed by atoms with Crippen LogP contribution in [-0.4, -0.2) is 18.0 Å². The fraction of sp³-hybridized carbons (Fsp3) is 0.533. The fourth-order valence-electron chi connectivity index (χ4n) is 2.57. The highest BCUT2D eigenvalue weighted by Gasteiger charge is 2.19. The number of amides is 1. The summed E-state index contributed by atoms with van der Waals surface area (Å²) in [5, 5.41) is 3.10. The smallest absolute Gasteiger partial charge is 0.220 e. The lowest BCUT2D eigenvalue weighted by molar-refractivity contribution is -0.122. The van der Waals surface area contributed by atoms with E-state index >= 15 is 0 Å². The predicted octanol–water partition coefficient (Wildman–Crippen LogP) is 1.59. The molecule has 0 aromatic heterocycles. The van der Waals surface area contributed by atoms with E-state index in [2.05, 4.69) is 5.32 Å². The zero-order valence-corrected chi connectivity index (χ0v) is 11.3. The number of carbonyl (C=O) groups excluding carboxylic acids is 1. The van der Waals surface area contributed by atoms with Crippen LogP contribution in [0.2, 0.25) is 0 Å². The maximum absolute atomic E-state index is 11.9. The molecule has 0 bridgehead atoms. The van der Waals surface area contributed by atoms with E-state index in [1.165, 1.54) is 0 Å². The Labute approximate surface area is 114 Å². The highest BCUT2D eigenvalue weighted by atomic mass is 16.1. The summed E-state index contributed by atoms with van der Waals surface area (Å²) in [6, 6.07) is 8.34. The van der Waals surface area contributed by atoms with Gasteiger partial charge in [-0.15, -0.1) is 0 Å². The first-order valence-electron chi connectivity index (χ1n) is 7.03. The number of aryl methyl sites for hydroxylation is 1. The molecule has 1 aromatic rings. The maximum Gasteiger partial charge on any atom is 0.220 e. The molecular formula is C15H23N3O. The Morgan fingerprint density at radius 3 is 2.68 bits per heavy atom. The van der Waals surface area contributed by atoms with E-state index in [1.807, 2.05) is 24.3 Å². The minimum atomic E-state index is 0.128. The van der Waals surface area contributed by atoms with Gasteiger partial charge >= 0.3 is 0 Å². The molecule has 0 saturated heterocycles. The highest BCUT2D eigenvalue weighted by Crippen LogP contribution is 2.17. The monoisotopic (exact) mass is 261 g/mol. The van der Waals surface area contributed by atoms with Crippen LogP contribution in [0.3, 0.4) is 0 Å². The van der Waals surface area contributed by atoms with Gasteiger partial charge in [-0.25, -0.2) is 0 Å². The van der Waals surface area contributed by atoms with Crippen molar-refractivity contribution in [3.63, 3.8) is 0 Å². The van der Waals surface area contributed by atoms with Gasteiger partial charge in [-0.05, 0) is 49.8 Å². The highest BCUT2D eigenvalue weighted by molar-refractivity contribution is 5.76. The third kappa shape index (κ3) is 4.56. The number of nitrogens with one attached hydrogen (secondary N) is 1. The average molecular weight is 261 g/mol. The molecular weight excluding hydrogens is 238 g/mol. The Morgan fingerprint density at radius 2 is 2.00 bits per heavy atom. The third-order valence-electron chi connectivity index (χ3n) is 3.73. The van der Waals surface area contributed by atoms with Gasteiger partial charge in [0, 0.05) is 24.2 Å². The van der Waals surface area contributed by atoms with Crippen molar-refractivity contribution in [3.8, 4) is 0 Å². The van der Waals surface area contributed by atoms with E-state index in [1.54, 1.807) is 0 Å². The summed E-state index contributed by atoms with van der Waals surface area (Å²) < 4.78 is 0. The summed E-state index contributed by atoms with van der Waals surface area (Å²) >= 11 is 0. The summed E-state index contributed by atoms with van der Waals surface area (Å²) in [4.78, 5) is 11.9. The molecule has 1 aliphatic carbocycles. The van der Waals surface area contributed by atoms with Crippen LogP contribution in [0.5, 0.6) is 0 Å². The Kier molecular flexibility index (Phi) is 4.80. The Bertz CT molecular complexity index is 425. The van der Waals surface area contributed by atoms with Gasteiger partial charge < -0.3 is 16.8 Å². The Hall–Kier alpha value is -1.55. The van der Waals surface area contributed by atoms with Gasteiger partial charge in [-0.1, -0.05) is 12.1 Å². The molecule has 0 atom stereocenters. The van der Waals surface area contributed by atoms with Crippen molar-refractivity contribution in [1.82, 2.24) is 5.32 Å². The van der Waals surface area contributed by atoms with Crippen LogP contribution in [-0.2, 0) is 11.2 Å². The summed E-state index contributed by atoms with van der Waals surface area (Å²) in [6.45, 7) is 0. The quantitative estimate of drug-likeness (QED) is 0.720. The average Bonchev–Trinajstić information content (AvgIpc) is 2.39. The van der Waals surface area contributed by atoms with E-state index in [0.717, 1.165) is 43.4 Å². The molecule has 4 heteroatoms. The van der Waals surface area contributed by atoms with Crippen LogP contribution in [0.25, 0.3) is 0 Å². The molecule has 1 amide bonds. The molecule has 19 heavy (non-hydrogen) atoms. The van der Waals surface area contributed by atoms with Gasteiger partial charge in [-0.2, -0.15) is 0 Å². The van der Waals surface area contributed by atoms with Gasteiger partial charge in [0.2, 0.25) is 5.91 Å². The van der Waals surface area contributed by atoms with Crippen LogP contribution in [0, 0.1) is 0 Å². The van der Waals surface area contributed by atoms with Gasteiger partial charge in [0.1, 0.15) is 0 Å². The standard InChI is InChI=1S/C15H23N3O/c16-12-5-7-14(8-6-12)18-15(19)9-4-11-2-1-3-13(17)10-11/h1-3,10,12,14H,4-9,16-17H2,(H,18,19). The number of nitrogens with two attached hydrogens (primary N) is 2. The topological polar surface area (TPSA) is 81.1 Å². The SMILES string of the molecule is Nc1cccc(CCC(=O)NC2CCC(N)CC2)c1. The molecule has 0 radical (unpaired) electrons. The van der Waals surface area contributed by atoms with E-state index in [-0.39, 0.29) is 5.91 Å². The lowest BCUT2D eigenvalue weighted by Gasteiger charge is -2.26. The minimum Gasteiger partial charge on any atom is -0.399 e. The first kappa shape index (κ1) is 13.9. The minimum absolute atomic E-state index is 0.128. The molecule has 104 valence electrons. The van der Waals surface area contributed by atoms with Crippen LogP contribution in [0.4, 0.5) is 5.69 Å². The van der Waals surface area contributed by atoms with E-state index in [0.29, 0.717) is 18.5 Å². The predicted molar refractivity (Wildman–Crippen MR) is 77.5 cm³/mol. The van der Waals surface area contributed by atoms with Crippen molar-refractivity contribution in [2.24, 2.45) is 5.73 Å². The number of benzene rings is 1. The van der Waals surface area contributed by atoms with Crippen molar-refractivity contribution < 1.29 is 4.79 Å². The molecule has 0 aliphatic heterocycles. The van der Waals surface area contributed by atoms with E-state index in [9.17, 15) is 4.79 Å². The second-order valence-electron chi connectivity index (χ2n) is 5.42. The van der Waals surface area contributed by atoms with Crippen LogP contribution in [0.15, 0.2) is 24.3 Å². The summed E-state index contributed by atoms with van der Waals surface area (Å²) in [5.74, 6) is 0.128. The lowest BCUT2D eigenvalue weighted by atomic mass is 9.91. The number of anilines is 1. The van der Waals surface area contributed by atoms with E-state index in [4.69, 9.17) is 11.5 Å². The number of nitrogen functional groups attached to an aromatic ring is 1. The summed E-state index contributed by atoms with van der Waals surface area (Å²) in [5.41, 5.74) is 13.4. The van der Waals surface area contributed by atoms with Gasteiger partial charge in [0.25, 0.3) is 0 Å². The van der Waals surface area contributed by atoms with Crippen molar-refractivity contribution in [1.29, 1.82) is 0 Å². The molecule has 0 heterocycles. The van der Waals surface area contributed by atoms with E-state index < -0.39 is 0 Å². The Balaban J connectivity index is 1.73. The van der Waals surface area contributed by atoms with Gasteiger partial charge in [-0.3, -0.25) is 4.79 Å². The molecule has 0 spiro atoms. The maximum atomic E-state index is 11.9. The molecule has 1 aromatic carbocycles. The summed E-state index contributed by atoms with van der Waals surface area (Å²) in [6.07, 6.45) is 5.30.